The highest BCUT2D eigenvalue weighted by atomic mass is 16.5. The van der Waals surface area contributed by atoms with Crippen LogP contribution in [0.25, 0.3) is 0 Å². The third-order valence-corrected chi connectivity index (χ3v) is 3.01. The number of carbonyl (C=O) groups excluding carboxylic acids is 1. The van der Waals surface area contributed by atoms with Gasteiger partial charge in [0.25, 0.3) is 5.91 Å². The van der Waals surface area contributed by atoms with Gasteiger partial charge < -0.3 is 19.9 Å². The standard InChI is InChI=1S/C14H24N4O2/c1-11-9-18(10-12(2)20-11)14(19)13(7-15)8-16-5-6-17(3)4/h8,11-12,16H,5-6,9-10H2,1-4H3/b13-8-. The summed E-state index contributed by atoms with van der Waals surface area (Å²) in [6.45, 7) is 6.46. The minimum atomic E-state index is -0.230. The van der Waals surface area contributed by atoms with E-state index in [1.54, 1.807) is 4.90 Å². The Kier molecular flexibility index (Phi) is 6.49. The second-order valence-electron chi connectivity index (χ2n) is 5.39. The van der Waals surface area contributed by atoms with Crippen molar-refractivity contribution in [2.75, 3.05) is 40.3 Å². The van der Waals surface area contributed by atoms with Crippen molar-refractivity contribution in [3.63, 3.8) is 0 Å². The summed E-state index contributed by atoms with van der Waals surface area (Å²) in [7, 11) is 3.94. The smallest absolute Gasteiger partial charge is 0.266 e. The number of ether oxygens (including phenoxy) is 1. The summed E-state index contributed by atoms with van der Waals surface area (Å²) in [5.41, 5.74) is 0.144. The van der Waals surface area contributed by atoms with E-state index in [0.29, 0.717) is 19.6 Å². The minimum Gasteiger partial charge on any atom is -0.388 e. The van der Waals surface area contributed by atoms with Gasteiger partial charge in [0, 0.05) is 32.4 Å². The number of nitriles is 1. The molecule has 1 heterocycles. The first-order valence-electron chi connectivity index (χ1n) is 6.87. The molecule has 1 aliphatic rings. The van der Waals surface area contributed by atoms with Gasteiger partial charge in [-0.15, -0.1) is 0 Å². The van der Waals surface area contributed by atoms with Crippen LogP contribution in [0, 0.1) is 11.3 Å². The van der Waals surface area contributed by atoms with Gasteiger partial charge in [-0.3, -0.25) is 4.79 Å². The van der Waals surface area contributed by atoms with Crippen LogP contribution >= 0.6 is 0 Å². The van der Waals surface area contributed by atoms with E-state index in [2.05, 4.69) is 5.32 Å². The lowest BCUT2D eigenvalue weighted by Crippen LogP contribution is -2.48. The molecule has 1 amide bonds. The molecule has 0 aromatic carbocycles. The van der Waals surface area contributed by atoms with Gasteiger partial charge in [0.15, 0.2) is 0 Å². The van der Waals surface area contributed by atoms with Crippen molar-refractivity contribution in [3.8, 4) is 6.07 Å². The molecule has 1 aliphatic heterocycles. The molecule has 1 N–H and O–H groups in total. The summed E-state index contributed by atoms with van der Waals surface area (Å²) >= 11 is 0. The number of rotatable bonds is 5. The minimum absolute atomic E-state index is 0.00402. The van der Waals surface area contributed by atoms with Crippen molar-refractivity contribution < 1.29 is 9.53 Å². The summed E-state index contributed by atoms with van der Waals surface area (Å²) in [6, 6.07) is 1.97. The first-order valence-corrected chi connectivity index (χ1v) is 6.87. The number of likely N-dealkylation sites (N-methyl/N-ethyl adjacent to an activating group) is 1. The van der Waals surface area contributed by atoms with Gasteiger partial charge in [-0.25, -0.2) is 0 Å². The Morgan fingerprint density at radius 2 is 2.05 bits per heavy atom. The number of hydrogen-bond donors (Lipinski definition) is 1. The summed E-state index contributed by atoms with van der Waals surface area (Å²) in [4.78, 5) is 16.0. The molecule has 1 rings (SSSR count). The van der Waals surface area contributed by atoms with E-state index in [0.717, 1.165) is 6.54 Å². The molecule has 2 atom stereocenters. The van der Waals surface area contributed by atoms with Crippen molar-refractivity contribution in [2.24, 2.45) is 0 Å². The highest BCUT2D eigenvalue weighted by Gasteiger charge is 2.27. The molecule has 2 unspecified atom stereocenters. The second kappa shape index (κ2) is 7.88. The Morgan fingerprint density at radius 1 is 1.45 bits per heavy atom. The summed E-state index contributed by atoms with van der Waals surface area (Å²) in [5.74, 6) is -0.230. The fourth-order valence-corrected chi connectivity index (χ4v) is 2.12. The summed E-state index contributed by atoms with van der Waals surface area (Å²) in [5, 5.41) is 12.1. The van der Waals surface area contributed by atoms with E-state index in [1.165, 1.54) is 6.20 Å². The van der Waals surface area contributed by atoms with Crippen LogP contribution in [0.15, 0.2) is 11.8 Å². The van der Waals surface area contributed by atoms with E-state index in [4.69, 9.17) is 10.00 Å². The first-order chi connectivity index (χ1) is 9.43. The number of morpholine rings is 1. The number of hydrogen-bond acceptors (Lipinski definition) is 5. The normalized spacial score (nSPS) is 23.6. The maximum Gasteiger partial charge on any atom is 0.266 e. The fourth-order valence-electron chi connectivity index (χ4n) is 2.12. The van der Waals surface area contributed by atoms with Gasteiger partial charge in [0.1, 0.15) is 11.6 Å². The lowest BCUT2D eigenvalue weighted by molar-refractivity contribution is -0.138. The third-order valence-electron chi connectivity index (χ3n) is 3.01. The number of nitrogens with zero attached hydrogens (tertiary/aromatic N) is 3. The summed E-state index contributed by atoms with van der Waals surface area (Å²) < 4.78 is 5.59. The molecule has 6 heteroatoms. The van der Waals surface area contributed by atoms with Crippen LogP contribution in [0.3, 0.4) is 0 Å². The van der Waals surface area contributed by atoms with E-state index in [-0.39, 0.29) is 23.7 Å². The van der Waals surface area contributed by atoms with Crippen molar-refractivity contribution in [3.05, 3.63) is 11.8 Å². The molecule has 0 bridgehead atoms. The largest absolute Gasteiger partial charge is 0.388 e. The molecule has 0 aromatic heterocycles. The van der Waals surface area contributed by atoms with Crippen molar-refractivity contribution in [1.29, 1.82) is 5.26 Å². The van der Waals surface area contributed by atoms with E-state index < -0.39 is 0 Å². The second-order valence-corrected chi connectivity index (χ2v) is 5.39. The van der Waals surface area contributed by atoms with E-state index in [9.17, 15) is 4.79 Å². The molecule has 0 saturated carbocycles. The molecule has 1 fully saturated rings. The molecular formula is C14H24N4O2. The molecule has 0 aromatic rings. The summed E-state index contributed by atoms with van der Waals surface area (Å²) in [6.07, 6.45) is 1.52. The van der Waals surface area contributed by atoms with Gasteiger partial charge in [-0.1, -0.05) is 0 Å². The van der Waals surface area contributed by atoms with Gasteiger partial charge in [0.05, 0.1) is 12.2 Å². The molecule has 0 radical (unpaired) electrons. The van der Waals surface area contributed by atoms with E-state index >= 15 is 0 Å². The molecule has 6 nitrogen and oxygen atoms in total. The molecule has 0 spiro atoms. The van der Waals surface area contributed by atoms with Gasteiger partial charge in [-0.2, -0.15) is 5.26 Å². The average molecular weight is 280 g/mol. The number of carbonyl (C=O) groups is 1. The predicted molar refractivity (Wildman–Crippen MR) is 76.8 cm³/mol. The molecule has 1 saturated heterocycles. The molecular weight excluding hydrogens is 256 g/mol. The lowest BCUT2D eigenvalue weighted by Gasteiger charge is -2.35. The zero-order valence-corrected chi connectivity index (χ0v) is 12.7. The fraction of sp³-hybridized carbons (Fsp3) is 0.714. The van der Waals surface area contributed by atoms with Crippen LogP contribution in [0.5, 0.6) is 0 Å². The Bertz CT molecular complexity index is 390. The first kappa shape index (κ1) is 16.5. The van der Waals surface area contributed by atoms with Crippen LogP contribution in [0.4, 0.5) is 0 Å². The van der Waals surface area contributed by atoms with Crippen LogP contribution in [0.2, 0.25) is 0 Å². The maximum atomic E-state index is 12.3. The zero-order chi connectivity index (χ0) is 15.1. The monoisotopic (exact) mass is 280 g/mol. The number of nitrogens with one attached hydrogen (secondary N) is 1. The maximum absolute atomic E-state index is 12.3. The van der Waals surface area contributed by atoms with E-state index in [1.807, 2.05) is 38.9 Å². The van der Waals surface area contributed by atoms with Crippen molar-refractivity contribution >= 4 is 5.91 Å². The van der Waals surface area contributed by atoms with Crippen LogP contribution < -0.4 is 5.32 Å². The van der Waals surface area contributed by atoms with Gasteiger partial charge >= 0.3 is 0 Å². The Hall–Kier alpha value is -1.58. The van der Waals surface area contributed by atoms with Crippen LogP contribution in [-0.2, 0) is 9.53 Å². The Morgan fingerprint density at radius 3 is 2.55 bits per heavy atom. The Balaban J connectivity index is 2.58. The van der Waals surface area contributed by atoms with Crippen LogP contribution in [-0.4, -0.2) is 68.2 Å². The topological polar surface area (TPSA) is 68.6 Å². The quantitative estimate of drug-likeness (QED) is 0.442. The third kappa shape index (κ3) is 5.19. The van der Waals surface area contributed by atoms with Crippen molar-refractivity contribution in [2.45, 2.75) is 26.1 Å². The molecule has 0 aliphatic carbocycles. The molecule has 112 valence electrons. The number of amides is 1. The predicted octanol–water partition coefficient (Wildman–Crippen LogP) is 0.181. The highest BCUT2D eigenvalue weighted by molar-refractivity contribution is 5.97. The van der Waals surface area contributed by atoms with Crippen molar-refractivity contribution in [1.82, 2.24) is 15.1 Å². The average Bonchev–Trinajstić information content (AvgIpc) is 2.36. The highest BCUT2D eigenvalue weighted by Crippen LogP contribution is 2.13. The van der Waals surface area contributed by atoms with Gasteiger partial charge in [0.2, 0.25) is 0 Å². The van der Waals surface area contributed by atoms with Crippen LogP contribution in [0.1, 0.15) is 13.8 Å². The Labute approximate surface area is 121 Å². The SMILES string of the molecule is CC1CN(C(=O)/C(C#N)=C\NCCN(C)C)CC(C)O1. The van der Waals surface area contributed by atoms with Gasteiger partial charge in [-0.05, 0) is 27.9 Å². The molecule has 20 heavy (non-hydrogen) atoms. The lowest BCUT2D eigenvalue weighted by atomic mass is 10.2. The zero-order valence-electron chi connectivity index (χ0n) is 12.7.